The molecule has 3 fully saturated rings. The molecule has 3 saturated heterocycles. The van der Waals surface area contributed by atoms with Gasteiger partial charge < -0.3 is 20.3 Å². The molecule has 3 heterocycles. The Labute approximate surface area is 366 Å². The largest absolute Gasteiger partial charge is 0.416 e. The van der Waals surface area contributed by atoms with Gasteiger partial charge in [-0.05, 0) is 134 Å². The number of Topliss-reactive ketones (excluding diaryl/α,β-unsaturated/α-hetero) is 2. The number of carbonyl (C=O) groups is 2. The van der Waals surface area contributed by atoms with Crippen molar-refractivity contribution in [3.05, 3.63) is 130 Å². The topological polar surface area (TPSA) is 88.2 Å². The summed E-state index contributed by atoms with van der Waals surface area (Å²) in [7, 11) is 3.94. The lowest BCUT2D eigenvalue weighted by molar-refractivity contribution is -0.138. The van der Waals surface area contributed by atoms with Gasteiger partial charge in [0.1, 0.15) is 0 Å². The van der Waals surface area contributed by atoms with Gasteiger partial charge in [0.2, 0.25) is 0 Å². The Morgan fingerprint density at radius 3 is 1.46 bits per heavy atom. The molecule has 0 aliphatic carbocycles. The number of likely N-dealkylation sites (tertiary alicyclic amines) is 2. The molecule has 3 aliphatic rings. The molecule has 0 radical (unpaired) electrons. The van der Waals surface area contributed by atoms with E-state index in [1.54, 1.807) is 6.92 Å². The Morgan fingerprint density at radius 2 is 1.10 bits per heavy atom. The van der Waals surface area contributed by atoms with Crippen LogP contribution in [0, 0.1) is 36.0 Å². The number of hydrogen-bond donors (Lipinski definition) is 1. The molecule has 13 heteroatoms. The summed E-state index contributed by atoms with van der Waals surface area (Å²) in [6, 6.07) is 25.2. The fraction of sp³-hybridized carbons (Fsp3) is 0.380. The van der Waals surface area contributed by atoms with Gasteiger partial charge in [0.15, 0.2) is 11.6 Å². The third kappa shape index (κ3) is 16.2. The summed E-state index contributed by atoms with van der Waals surface area (Å²) in [5, 5.41) is 0. The highest BCUT2D eigenvalue weighted by molar-refractivity contribution is 6.14. The van der Waals surface area contributed by atoms with E-state index in [0.29, 0.717) is 31.4 Å². The number of anilines is 1. The predicted octanol–water partition coefficient (Wildman–Crippen LogP) is 10.7. The average molecular weight is 873 g/mol. The zero-order valence-corrected chi connectivity index (χ0v) is 35.9. The highest BCUT2D eigenvalue weighted by atomic mass is 19.4. The molecule has 4 aromatic carbocycles. The molecular weight excluding hydrogens is 819 g/mol. The second kappa shape index (κ2) is 24.2. The van der Waals surface area contributed by atoms with Gasteiger partial charge in [0, 0.05) is 53.0 Å². The Morgan fingerprint density at radius 1 is 0.667 bits per heavy atom. The summed E-state index contributed by atoms with van der Waals surface area (Å²) in [6.07, 6.45) is 0.835. The molecule has 334 valence electrons. The van der Waals surface area contributed by atoms with Gasteiger partial charge >= 0.3 is 12.4 Å². The summed E-state index contributed by atoms with van der Waals surface area (Å²) in [5.74, 6) is 6.10. The fourth-order valence-corrected chi connectivity index (χ4v) is 7.15. The summed E-state index contributed by atoms with van der Waals surface area (Å²) < 4.78 is 84.3. The van der Waals surface area contributed by atoms with Gasteiger partial charge in [0.05, 0.1) is 22.5 Å². The third-order valence-electron chi connectivity index (χ3n) is 10.6. The highest BCUT2D eigenvalue weighted by Crippen LogP contribution is 2.35. The molecular formula is C50H54F6N4O3. The van der Waals surface area contributed by atoms with Crippen LogP contribution in [-0.2, 0) is 17.1 Å². The number of aliphatic imine (C=N–C) groups is 1. The number of nitrogens with zero attached hydrogens (tertiary/aromatic N) is 3. The van der Waals surface area contributed by atoms with E-state index in [0.717, 1.165) is 74.8 Å². The summed E-state index contributed by atoms with van der Waals surface area (Å²) in [4.78, 5) is 34.3. The maximum atomic E-state index is 13.7. The number of ketones is 2. The second-order valence-electron chi connectivity index (χ2n) is 15.5. The van der Waals surface area contributed by atoms with Crippen LogP contribution in [0.4, 0.5) is 37.7 Å². The van der Waals surface area contributed by atoms with Crippen LogP contribution in [0.15, 0.2) is 102 Å². The van der Waals surface area contributed by atoms with Crippen LogP contribution in [0.25, 0.3) is 0 Å². The number of nitrogen functional groups attached to an aromatic ring is 1. The first-order chi connectivity index (χ1) is 30.0. The molecule has 0 bridgehead atoms. The van der Waals surface area contributed by atoms with Crippen molar-refractivity contribution >= 4 is 28.7 Å². The summed E-state index contributed by atoms with van der Waals surface area (Å²) in [5.41, 5.74) is 6.08. The number of hydrogen-bond acceptors (Lipinski definition) is 7. The van der Waals surface area contributed by atoms with Gasteiger partial charge in [-0.1, -0.05) is 66.6 Å². The normalized spacial score (nSPS) is 15.9. The van der Waals surface area contributed by atoms with Gasteiger partial charge in [0.25, 0.3) is 0 Å². The predicted molar refractivity (Wildman–Crippen MR) is 237 cm³/mol. The number of halogens is 6. The Kier molecular flexibility index (Phi) is 19.2. The monoisotopic (exact) mass is 872 g/mol. The van der Waals surface area contributed by atoms with Crippen LogP contribution >= 0.6 is 0 Å². The van der Waals surface area contributed by atoms with Crippen molar-refractivity contribution < 1.29 is 40.7 Å². The van der Waals surface area contributed by atoms with E-state index in [2.05, 4.69) is 32.6 Å². The first-order valence-electron chi connectivity index (χ1n) is 20.8. The SMILES string of the molecule is C#CC#CC.C1CCOC1.CN1CCC(C(=O)c2cc(N)cc(C(F)(F)F)c2)CC1.CN1CCC(C(=O)c2cc(N=C(c3ccccc3)c3ccccc3)cc(C(F)(F)F)c2)CC1. The van der Waals surface area contributed by atoms with E-state index in [9.17, 15) is 35.9 Å². The molecule has 4 aromatic rings. The maximum absolute atomic E-state index is 13.7. The highest BCUT2D eigenvalue weighted by Gasteiger charge is 2.34. The van der Waals surface area contributed by atoms with Gasteiger partial charge in [-0.15, -0.1) is 6.42 Å². The van der Waals surface area contributed by atoms with E-state index in [1.165, 1.54) is 25.0 Å². The van der Waals surface area contributed by atoms with Crippen LogP contribution in [0.5, 0.6) is 0 Å². The third-order valence-corrected chi connectivity index (χ3v) is 10.6. The number of ether oxygens (including phenoxy) is 1. The molecule has 0 spiro atoms. The molecule has 63 heavy (non-hydrogen) atoms. The lowest BCUT2D eigenvalue weighted by atomic mass is 9.88. The van der Waals surface area contributed by atoms with Crippen LogP contribution < -0.4 is 5.73 Å². The number of carbonyl (C=O) groups excluding carboxylic acids is 2. The summed E-state index contributed by atoms with van der Waals surface area (Å²) >= 11 is 0. The minimum absolute atomic E-state index is 0.0314. The maximum Gasteiger partial charge on any atom is 0.416 e. The van der Waals surface area contributed by atoms with Crippen molar-refractivity contribution in [2.75, 3.05) is 59.2 Å². The standard InChI is InChI=1S/C27H25F3N2O.C14H17F3N2O.C5H4.C4H8O/c1-32-14-12-21(13-15-32)26(33)22-16-23(27(28,29)30)18-24(17-22)31-25(19-8-4-2-5-9-19)20-10-6-3-7-11-20;1-19-4-2-9(3-5-19)13(20)10-6-11(14(15,16)17)8-12(18)7-10;1-3-5-4-2;1-2-4-5-3-1/h2-11,16-18,21H,12-15H2,1H3;6-9H,2-5,18H2,1H3;1H,2H3;1-4H2. The van der Waals surface area contributed by atoms with Crippen molar-refractivity contribution in [2.24, 2.45) is 16.8 Å². The lowest BCUT2D eigenvalue weighted by Crippen LogP contribution is -2.33. The summed E-state index contributed by atoms with van der Waals surface area (Å²) in [6.45, 7) is 6.79. The van der Waals surface area contributed by atoms with E-state index in [1.807, 2.05) is 74.8 Å². The number of rotatable bonds is 7. The Balaban J connectivity index is 0.000000243. The minimum atomic E-state index is -4.58. The molecule has 0 saturated carbocycles. The Hall–Kier alpha value is -5.73. The first-order valence-corrected chi connectivity index (χ1v) is 20.8. The first kappa shape index (κ1) is 49.9. The van der Waals surface area contributed by atoms with Gasteiger partial charge in [-0.25, -0.2) is 4.99 Å². The zero-order chi connectivity index (χ0) is 46.0. The minimum Gasteiger partial charge on any atom is -0.399 e. The van der Waals surface area contributed by atoms with E-state index >= 15 is 0 Å². The molecule has 0 aromatic heterocycles. The van der Waals surface area contributed by atoms with Crippen molar-refractivity contribution in [2.45, 2.75) is 57.8 Å². The quantitative estimate of drug-likeness (QED) is 0.0654. The number of piperidine rings is 2. The van der Waals surface area contributed by atoms with Gasteiger partial charge in [-0.3, -0.25) is 9.59 Å². The molecule has 0 unspecified atom stereocenters. The molecule has 7 rings (SSSR count). The molecule has 2 N–H and O–H groups in total. The van der Waals surface area contributed by atoms with Crippen molar-refractivity contribution in [1.82, 2.24) is 9.80 Å². The Bertz CT molecular complexity index is 2170. The fourth-order valence-electron chi connectivity index (χ4n) is 7.15. The van der Waals surface area contributed by atoms with E-state index in [4.69, 9.17) is 16.9 Å². The smallest absolute Gasteiger partial charge is 0.399 e. The number of alkyl halides is 6. The number of nitrogens with two attached hydrogens (primary N) is 1. The average Bonchev–Trinajstić information content (AvgIpc) is 3.87. The number of terminal acetylenes is 1. The number of benzene rings is 4. The van der Waals surface area contributed by atoms with Crippen LogP contribution in [-0.4, -0.2) is 80.6 Å². The van der Waals surface area contributed by atoms with Crippen LogP contribution in [0.2, 0.25) is 0 Å². The van der Waals surface area contributed by atoms with E-state index < -0.39 is 23.5 Å². The molecule has 0 amide bonds. The van der Waals surface area contributed by atoms with Crippen molar-refractivity contribution in [3.63, 3.8) is 0 Å². The van der Waals surface area contributed by atoms with Crippen molar-refractivity contribution in [3.8, 4) is 24.2 Å². The van der Waals surface area contributed by atoms with Crippen molar-refractivity contribution in [1.29, 1.82) is 0 Å². The van der Waals surface area contributed by atoms with Crippen LogP contribution in [0.1, 0.15) is 88.4 Å². The molecule has 3 aliphatic heterocycles. The van der Waals surface area contributed by atoms with E-state index in [-0.39, 0.29) is 45.9 Å². The second-order valence-corrected chi connectivity index (χ2v) is 15.5. The van der Waals surface area contributed by atoms with Crippen LogP contribution in [0.3, 0.4) is 0 Å². The van der Waals surface area contributed by atoms with Gasteiger partial charge in [-0.2, -0.15) is 26.3 Å². The molecule has 0 atom stereocenters. The lowest BCUT2D eigenvalue weighted by Gasteiger charge is -2.28. The zero-order valence-electron chi connectivity index (χ0n) is 35.9. The molecule has 7 nitrogen and oxygen atoms in total.